The highest BCUT2D eigenvalue weighted by atomic mass is 32.1. The van der Waals surface area contributed by atoms with E-state index >= 15 is 0 Å². The molecule has 11 rings (SSSR count). The van der Waals surface area contributed by atoms with Gasteiger partial charge in [-0.3, -0.25) is 34.6 Å². The molecule has 15 nitrogen and oxygen atoms in total. The first kappa shape index (κ1) is 53.8. The summed E-state index contributed by atoms with van der Waals surface area (Å²) in [5.41, 5.74) is 8.52. The van der Waals surface area contributed by atoms with Gasteiger partial charge in [-0.25, -0.2) is 14.8 Å². The predicted molar refractivity (Wildman–Crippen MR) is 312 cm³/mol. The lowest BCUT2D eigenvalue weighted by molar-refractivity contribution is -0.134. The van der Waals surface area contributed by atoms with Crippen LogP contribution in [0.3, 0.4) is 0 Å². The van der Waals surface area contributed by atoms with E-state index in [4.69, 9.17) is 19.6 Å². The molecule has 16 heteroatoms. The molecule has 0 spiro atoms. The van der Waals surface area contributed by atoms with Crippen molar-refractivity contribution in [1.82, 2.24) is 30.0 Å². The van der Waals surface area contributed by atoms with E-state index in [1.54, 1.807) is 0 Å². The van der Waals surface area contributed by atoms with Crippen molar-refractivity contribution in [2.75, 3.05) is 47.8 Å². The van der Waals surface area contributed by atoms with Gasteiger partial charge in [0.2, 0.25) is 11.8 Å². The van der Waals surface area contributed by atoms with Crippen LogP contribution in [0, 0.1) is 12.8 Å². The predicted octanol–water partition coefficient (Wildman–Crippen LogP) is 11.6. The van der Waals surface area contributed by atoms with Crippen LogP contribution in [0.5, 0.6) is 5.75 Å². The number of benzene rings is 4. The molecule has 4 aromatic carbocycles. The van der Waals surface area contributed by atoms with E-state index in [0.29, 0.717) is 60.3 Å². The Bertz CT molecular complexity index is 3420. The molecule has 3 amide bonds. The highest BCUT2D eigenvalue weighted by Gasteiger charge is 2.35. The fourth-order valence-electron chi connectivity index (χ4n) is 12.5. The van der Waals surface area contributed by atoms with Gasteiger partial charge in [0.1, 0.15) is 17.2 Å². The highest BCUT2D eigenvalue weighted by Crippen LogP contribution is 2.40. The topological polar surface area (TPSA) is 164 Å². The van der Waals surface area contributed by atoms with Crippen molar-refractivity contribution in [3.05, 3.63) is 125 Å². The second-order valence-electron chi connectivity index (χ2n) is 23.7. The van der Waals surface area contributed by atoms with Crippen LogP contribution in [0.25, 0.3) is 32.2 Å². The quantitative estimate of drug-likeness (QED) is 0.0784. The Hall–Kier alpha value is -7.17. The maximum atomic E-state index is 14.2. The number of piperidine rings is 1. The minimum Gasteiger partial charge on any atom is -0.490 e. The van der Waals surface area contributed by atoms with Gasteiger partial charge in [0.15, 0.2) is 10.8 Å². The standard InChI is InChI=1S/C63H73N9O6S/c1-39-43(44-27-29-53(65-56(44)60(76)78-62(2,3)4)71-33-31-41-15-10-17-45(48(41)38-71)58(74)67-61-64-49-19-8-9-22-52(49)79-61)16-12-21-51(39)77-42-25-23-40(24-26-42)14-13-32-63(5,6)72-36-34-70(35-37-72)50-20-11-18-46-55(68-69(7)57(46)50)47-28-30-54(73)66-59(47)75/h8-12,15-22,27,29,40,42,47H,13-14,23-26,28,30-38H2,1-7H3,(H,64,67,74)(H,66,73,75)/t40-,42-,47?. The van der Waals surface area contributed by atoms with Crippen molar-refractivity contribution in [1.29, 1.82) is 0 Å². The second-order valence-corrected chi connectivity index (χ2v) is 24.7. The number of imide groups is 1. The number of rotatable bonds is 14. The minimum atomic E-state index is -0.735. The van der Waals surface area contributed by atoms with Gasteiger partial charge in [-0.1, -0.05) is 72.7 Å². The van der Waals surface area contributed by atoms with Crippen LogP contribution < -0.4 is 25.2 Å². The average Bonchev–Trinajstić information content (AvgIpc) is 4.16. The van der Waals surface area contributed by atoms with Crippen LogP contribution in [-0.4, -0.2) is 98.3 Å². The summed E-state index contributed by atoms with van der Waals surface area (Å²) in [4.78, 5) is 69.6. The van der Waals surface area contributed by atoms with E-state index in [1.807, 2.05) is 99.2 Å². The number of hydrogen-bond donors (Lipinski definition) is 2. The number of aryl methyl sites for hydroxylation is 1. The molecule has 1 saturated carbocycles. The van der Waals surface area contributed by atoms with E-state index in [2.05, 4.69) is 75.4 Å². The number of thiazole rings is 1. The first-order chi connectivity index (χ1) is 38.0. The molecular weight excluding hydrogens is 1010 g/mol. The summed E-state index contributed by atoms with van der Waals surface area (Å²) in [7, 11) is 1.95. The average molecular weight is 1080 g/mol. The smallest absolute Gasteiger partial charge is 0.358 e. The van der Waals surface area contributed by atoms with Crippen molar-refractivity contribution < 1.29 is 28.7 Å². The summed E-state index contributed by atoms with van der Waals surface area (Å²) in [5.74, 6) is 0.540. The lowest BCUT2D eigenvalue weighted by Gasteiger charge is -2.45. The molecule has 3 aromatic heterocycles. The van der Waals surface area contributed by atoms with Crippen LogP contribution in [0.4, 0.5) is 16.6 Å². The normalized spacial score (nSPS) is 19.4. The van der Waals surface area contributed by atoms with Gasteiger partial charge in [0, 0.05) is 74.8 Å². The fraction of sp³-hybridized carbons (Fsp3) is 0.444. The molecule has 2 N–H and O–H groups in total. The molecule has 0 radical (unpaired) electrons. The number of amides is 3. The van der Waals surface area contributed by atoms with E-state index in [-0.39, 0.29) is 35.1 Å². The van der Waals surface area contributed by atoms with E-state index < -0.39 is 17.5 Å². The number of aromatic nitrogens is 4. The van der Waals surface area contributed by atoms with Crippen LogP contribution in [0.2, 0.25) is 0 Å². The minimum absolute atomic E-state index is 0.0776. The van der Waals surface area contributed by atoms with Crippen molar-refractivity contribution in [3.8, 4) is 16.9 Å². The summed E-state index contributed by atoms with van der Waals surface area (Å²) < 4.78 is 15.8. The fourth-order valence-corrected chi connectivity index (χ4v) is 13.4. The molecule has 79 heavy (non-hydrogen) atoms. The molecule has 4 aliphatic rings. The number of hydrogen-bond acceptors (Lipinski definition) is 13. The summed E-state index contributed by atoms with van der Waals surface area (Å²) in [6.07, 6.45) is 9.45. The number of pyridine rings is 1. The largest absolute Gasteiger partial charge is 0.490 e. The van der Waals surface area contributed by atoms with Gasteiger partial charge in [0.25, 0.3) is 5.91 Å². The van der Waals surface area contributed by atoms with Crippen LogP contribution in [0.15, 0.2) is 91.0 Å². The molecular formula is C63H73N9O6S. The summed E-state index contributed by atoms with van der Waals surface area (Å²) >= 11 is 1.45. The number of nitrogens with zero attached hydrogens (tertiary/aromatic N) is 7. The molecule has 1 aliphatic carbocycles. The van der Waals surface area contributed by atoms with E-state index in [0.717, 1.165) is 119 Å². The number of para-hydroxylation sites is 2. The second kappa shape index (κ2) is 22.2. The first-order valence-corrected chi connectivity index (χ1v) is 29.1. The Morgan fingerprint density at radius 1 is 0.797 bits per heavy atom. The zero-order valence-electron chi connectivity index (χ0n) is 46.7. The van der Waals surface area contributed by atoms with Crippen molar-refractivity contribution in [3.63, 3.8) is 0 Å². The molecule has 2 saturated heterocycles. The maximum absolute atomic E-state index is 14.2. The molecule has 3 fully saturated rings. The van der Waals surface area contributed by atoms with Crippen molar-refractivity contribution in [2.24, 2.45) is 13.0 Å². The third kappa shape index (κ3) is 11.5. The molecule has 0 bridgehead atoms. The molecule has 1 atom stereocenters. The third-order valence-corrected chi connectivity index (χ3v) is 17.8. The number of anilines is 3. The highest BCUT2D eigenvalue weighted by molar-refractivity contribution is 7.22. The molecule has 3 aliphatic heterocycles. The maximum Gasteiger partial charge on any atom is 0.358 e. The first-order valence-electron chi connectivity index (χ1n) is 28.3. The molecule has 6 heterocycles. The Labute approximate surface area is 467 Å². The Balaban J connectivity index is 0.698. The number of fused-ring (bicyclic) bond motifs is 3. The Morgan fingerprint density at radius 3 is 2.34 bits per heavy atom. The van der Waals surface area contributed by atoms with Gasteiger partial charge < -0.3 is 19.3 Å². The summed E-state index contributed by atoms with van der Waals surface area (Å²) in [5, 5.41) is 11.9. The van der Waals surface area contributed by atoms with Crippen LogP contribution in [-0.2, 0) is 34.3 Å². The Kier molecular flexibility index (Phi) is 15.1. The monoisotopic (exact) mass is 1080 g/mol. The SMILES string of the molecule is Cc1c(O[C@H]2CC[C@H](CCCC(C)(C)N3CCN(c4cccc5c(C6CCC(=O)NC6=O)nn(C)c45)CC3)CC2)cccc1-c1ccc(N2CCc3cccc(C(=O)Nc4nc5ccccc5s4)c3C2)nc1C(=O)OC(C)(C)C. The number of piperazine rings is 1. The third-order valence-electron chi connectivity index (χ3n) is 16.8. The summed E-state index contributed by atoms with van der Waals surface area (Å²) in [6, 6.07) is 30.0. The van der Waals surface area contributed by atoms with Gasteiger partial charge >= 0.3 is 5.97 Å². The Morgan fingerprint density at radius 2 is 1.57 bits per heavy atom. The van der Waals surface area contributed by atoms with Gasteiger partial charge in [-0.05, 0) is 157 Å². The van der Waals surface area contributed by atoms with Crippen molar-refractivity contribution >= 4 is 72.8 Å². The van der Waals surface area contributed by atoms with Crippen LogP contribution in [0.1, 0.15) is 142 Å². The number of ether oxygens (including phenoxy) is 2. The summed E-state index contributed by atoms with van der Waals surface area (Å²) in [6.45, 7) is 17.4. The van der Waals surface area contributed by atoms with Gasteiger partial charge in [-0.15, -0.1) is 0 Å². The van der Waals surface area contributed by atoms with Crippen molar-refractivity contribution in [2.45, 2.75) is 135 Å². The number of carbonyl (C=O) groups excluding carboxylic acids is 4. The lowest BCUT2D eigenvalue weighted by atomic mass is 9.82. The van der Waals surface area contributed by atoms with Gasteiger partial charge in [-0.2, -0.15) is 5.10 Å². The van der Waals surface area contributed by atoms with Crippen LogP contribution >= 0.6 is 11.3 Å². The zero-order chi connectivity index (χ0) is 55.2. The van der Waals surface area contributed by atoms with Gasteiger partial charge in [0.05, 0.1) is 39.1 Å². The van der Waals surface area contributed by atoms with E-state index in [9.17, 15) is 19.2 Å². The lowest BCUT2D eigenvalue weighted by Crippen LogP contribution is -2.54. The zero-order valence-corrected chi connectivity index (χ0v) is 47.5. The molecule has 1 unspecified atom stereocenters. The number of nitrogens with one attached hydrogen (secondary N) is 2. The van der Waals surface area contributed by atoms with E-state index in [1.165, 1.54) is 24.2 Å². The number of carbonyl (C=O) groups is 4. The molecule has 412 valence electrons. The number of esters is 1. The molecule has 7 aromatic rings.